The standard InChI is InChI=1S/C20H38O5/c1-4-6-8-9-15-24-19(21)12-10-13-20(22)25-17-18(11-7-5-2)14-16-23-3/h18H,4-17H2,1-3H3. The highest BCUT2D eigenvalue weighted by Crippen LogP contribution is 2.14. The van der Waals surface area contributed by atoms with Crippen molar-refractivity contribution < 1.29 is 23.8 Å². The highest BCUT2D eigenvalue weighted by atomic mass is 16.5. The van der Waals surface area contributed by atoms with E-state index in [1.165, 1.54) is 12.8 Å². The number of esters is 2. The van der Waals surface area contributed by atoms with Crippen LogP contribution in [0.5, 0.6) is 0 Å². The van der Waals surface area contributed by atoms with Crippen molar-refractivity contribution in [2.75, 3.05) is 26.9 Å². The molecule has 148 valence electrons. The van der Waals surface area contributed by atoms with E-state index in [1.54, 1.807) is 7.11 Å². The summed E-state index contributed by atoms with van der Waals surface area (Å²) in [6.45, 7) is 5.93. The quantitative estimate of drug-likeness (QED) is 0.279. The Hall–Kier alpha value is -1.10. The van der Waals surface area contributed by atoms with E-state index < -0.39 is 0 Å². The van der Waals surface area contributed by atoms with Crippen LogP contribution in [0, 0.1) is 5.92 Å². The van der Waals surface area contributed by atoms with Crippen molar-refractivity contribution >= 4 is 11.9 Å². The summed E-state index contributed by atoms with van der Waals surface area (Å²) < 4.78 is 15.6. The van der Waals surface area contributed by atoms with Gasteiger partial charge in [-0.25, -0.2) is 0 Å². The molecule has 0 saturated carbocycles. The number of hydrogen-bond donors (Lipinski definition) is 0. The Morgan fingerprint density at radius 1 is 0.760 bits per heavy atom. The molecule has 1 unspecified atom stereocenters. The number of carbonyl (C=O) groups excluding carboxylic acids is 2. The minimum atomic E-state index is -0.227. The molecule has 0 aromatic heterocycles. The number of rotatable bonds is 17. The highest BCUT2D eigenvalue weighted by molar-refractivity contribution is 5.72. The second-order valence-corrected chi connectivity index (χ2v) is 6.61. The first kappa shape index (κ1) is 23.9. The fourth-order valence-electron chi connectivity index (χ4n) is 2.54. The van der Waals surface area contributed by atoms with Gasteiger partial charge in [0.1, 0.15) is 0 Å². The van der Waals surface area contributed by atoms with Crippen molar-refractivity contribution in [3.63, 3.8) is 0 Å². The second-order valence-electron chi connectivity index (χ2n) is 6.61. The predicted octanol–water partition coefficient (Wildman–Crippen LogP) is 4.67. The van der Waals surface area contributed by atoms with Crippen molar-refractivity contribution in [2.45, 2.75) is 84.5 Å². The van der Waals surface area contributed by atoms with Crippen LogP contribution in [0.4, 0.5) is 0 Å². The van der Waals surface area contributed by atoms with Crippen molar-refractivity contribution in [3.8, 4) is 0 Å². The molecule has 1 atom stereocenters. The molecule has 0 fully saturated rings. The van der Waals surface area contributed by atoms with E-state index in [1.807, 2.05) is 0 Å². The van der Waals surface area contributed by atoms with E-state index in [4.69, 9.17) is 14.2 Å². The fraction of sp³-hybridized carbons (Fsp3) is 0.900. The molecular weight excluding hydrogens is 320 g/mol. The van der Waals surface area contributed by atoms with Gasteiger partial charge in [-0.05, 0) is 31.6 Å². The van der Waals surface area contributed by atoms with Crippen LogP contribution in [-0.2, 0) is 23.8 Å². The first-order valence-corrected chi connectivity index (χ1v) is 9.94. The Labute approximate surface area is 153 Å². The molecule has 25 heavy (non-hydrogen) atoms. The van der Waals surface area contributed by atoms with E-state index in [-0.39, 0.29) is 24.8 Å². The zero-order chi connectivity index (χ0) is 18.8. The van der Waals surface area contributed by atoms with Crippen LogP contribution in [0.15, 0.2) is 0 Å². The Bertz CT molecular complexity index is 322. The van der Waals surface area contributed by atoms with E-state index in [0.717, 1.165) is 38.5 Å². The molecule has 0 bridgehead atoms. The van der Waals surface area contributed by atoms with E-state index in [2.05, 4.69) is 13.8 Å². The highest BCUT2D eigenvalue weighted by Gasteiger charge is 2.12. The molecule has 5 heteroatoms. The molecule has 0 aromatic rings. The van der Waals surface area contributed by atoms with Crippen LogP contribution in [0.3, 0.4) is 0 Å². The van der Waals surface area contributed by atoms with Crippen molar-refractivity contribution in [2.24, 2.45) is 5.92 Å². The lowest BCUT2D eigenvalue weighted by Gasteiger charge is -2.16. The van der Waals surface area contributed by atoms with Crippen LogP contribution >= 0.6 is 0 Å². The third kappa shape index (κ3) is 16.1. The molecular formula is C20H38O5. The molecule has 0 rings (SSSR count). The molecule has 0 aliphatic heterocycles. The van der Waals surface area contributed by atoms with Gasteiger partial charge in [0.25, 0.3) is 0 Å². The summed E-state index contributed by atoms with van der Waals surface area (Å²) in [7, 11) is 1.69. The average Bonchev–Trinajstić information content (AvgIpc) is 2.61. The first-order chi connectivity index (χ1) is 12.1. The summed E-state index contributed by atoms with van der Waals surface area (Å²) in [5.74, 6) is -0.0863. The number of ether oxygens (including phenoxy) is 3. The van der Waals surface area contributed by atoms with Gasteiger partial charge >= 0.3 is 11.9 Å². The van der Waals surface area contributed by atoms with Gasteiger partial charge in [0.2, 0.25) is 0 Å². The van der Waals surface area contributed by atoms with Gasteiger partial charge in [-0.2, -0.15) is 0 Å². The predicted molar refractivity (Wildman–Crippen MR) is 99.4 cm³/mol. The Morgan fingerprint density at radius 3 is 2.08 bits per heavy atom. The molecule has 0 radical (unpaired) electrons. The molecule has 0 spiro atoms. The smallest absolute Gasteiger partial charge is 0.305 e. The van der Waals surface area contributed by atoms with Crippen molar-refractivity contribution in [1.29, 1.82) is 0 Å². The zero-order valence-corrected chi connectivity index (χ0v) is 16.5. The van der Waals surface area contributed by atoms with Crippen LogP contribution in [0.1, 0.15) is 84.5 Å². The zero-order valence-electron chi connectivity index (χ0n) is 16.5. The fourth-order valence-corrected chi connectivity index (χ4v) is 2.54. The van der Waals surface area contributed by atoms with Gasteiger partial charge in [-0.15, -0.1) is 0 Å². The van der Waals surface area contributed by atoms with Gasteiger partial charge in [0, 0.05) is 26.6 Å². The molecule has 0 saturated heterocycles. The monoisotopic (exact) mass is 358 g/mol. The minimum Gasteiger partial charge on any atom is -0.466 e. The van der Waals surface area contributed by atoms with Crippen LogP contribution in [-0.4, -0.2) is 38.9 Å². The SMILES string of the molecule is CCCCCCOC(=O)CCCC(=O)OCC(CCCC)CCOC. The maximum Gasteiger partial charge on any atom is 0.305 e. The van der Waals surface area contributed by atoms with E-state index >= 15 is 0 Å². The van der Waals surface area contributed by atoms with E-state index in [9.17, 15) is 9.59 Å². The Morgan fingerprint density at radius 2 is 1.44 bits per heavy atom. The maximum absolute atomic E-state index is 11.8. The molecule has 0 aromatic carbocycles. The molecule has 0 aliphatic rings. The van der Waals surface area contributed by atoms with Crippen molar-refractivity contribution in [3.05, 3.63) is 0 Å². The Kier molecular flexibility index (Phi) is 16.9. The molecule has 0 amide bonds. The van der Waals surface area contributed by atoms with Crippen molar-refractivity contribution in [1.82, 2.24) is 0 Å². The first-order valence-electron chi connectivity index (χ1n) is 9.94. The molecule has 0 N–H and O–H groups in total. The summed E-state index contributed by atoms with van der Waals surface area (Å²) >= 11 is 0. The summed E-state index contributed by atoms with van der Waals surface area (Å²) in [5, 5.41) is 0. The maximum atomic E-state index is 11.8. The summed E-state index contributed by atoms with van der Waals surface area (Å²) in [6.07, 6.45) is 9.64. The van der Waals surface area contributed by atoms with Gasteiger partial charge in [0.15, 0.2) is 0 Å². The lowest BCUT2D eigenvalue weighted by Crippen LogP contribution is -2.16. The molecule has 0 aliphatic carbocycles. The largest absolute Gasteiger partial charge is 0.466 e. The normalized spacial score (nSPS) is 12.0. The van der Waals surface area contributed by atoms with Gasteiger partial charge in [-0.3, -0.25) is 9.59 Å². The summed E-state index contributed by atoms with van der Waals surface area (Å²) in [6, 6.07) is 0. The molecule has 5 nitrogen and oxygen atoms in total. The third-order valence-corrected chi connectivity index (χ3v) is 4.20. The van der Waals surface area contributed by atoms with Gasteiger partial charge in [0.05, 0.1) is 13.2 Å². The summed E-state index contributed by atoms with van der Waals surface area (Å²) in [5.41, 5.74) is 0. The topological polar surface area (TPSA) is 61.8 Å². The van der Waals surface area contributed by atoms with Gasteiger partial charge in [-0.1, -0.05) is 46.0 Å². The van der Waals surface area contributed by atoms with Crippen LogP contribution in [0.25, 0.3) is 0 Å². The number of methoxy groups -OCH3 is 1. The lowest BCUT2D eigenvalue weighted by atomic mass is 10.00. The minimum absolute atomic E-state index is 0.217. The summed E-state index contributed by atoms with van der Waals surface area (Å²) in [4.78, 5) is 23.4. The van der Waals surface area contributed by atoms with E-state index in [0.29, 0.717) is 32.2 Å². The number of unbranched alkanes of at least 4 members (excludes halogenated alkanes) is 4. The van der Waals surface area contributed by atoms with Crippen LogP contribution in [0.2, 0.25) is 0 Å². The number of carbonyl (C=O) groups is 2. The second kappa shape index (κ2) is 17.7. The lowest BCUT2D eigenvalue weighted by molar-refractivity contribution is -0.146. The van der Waals surface area contributed by atoms with Crippen LogP contribution < -0.4 is 0 Å². The third-order valence-electron chi connectivity index (χ3n) is 4.20. The van der Waals surface area contributed by atoms with Gasteiger partial charge < -0.3 is 14.2 Å². The number of hydrogen-bond acceptors (Lipinski definition) is 5. The average molecular weight is 359 g/mol. The molecule has 0 heterocycles. The Balaban J connectivity index is 3.73.